The molecule has 1 heterocycles. The number of hydrogen-bond acceptors (Lipinski definition) is 4. The second kappa shape index (κ2) is 5.68. The molecule has 0 aromatic carbocycles. The Morgan fingerprint density at radius 1 is 1.64 bits per heavy atom. The largest absolute Gasteiger partial charge is 0.467 e. The average molecular weight is 267 g/mol. The van der Waals surface area contributed by atoms with E-state index >= 15 is 0 Å². The van der Waals surface area contributed by atoms with E-state index in [0.29, 0.717) is 6.61 Å². The first-order valence-corrected chi connectivity index (χ1v) is 5.55. The molecule has 0 aliphatic carbocycles. The molecule has 3 atom stereocenters. The predicted molar refractivity (Wildman–Crippen MR) is 54.3 cm³/mol. The molecule has 4 nitrogen and oxygen atoms in total. The Hall–Kier alpha value is -0.130. The fraction of sp³-hybridized carbons (Fsp3) is 0.889. The van der Waals surface area contributed by atoms with Crippen LogP contribution >= 0.6 is 15.9 Å². The van der Waals surface area contributed by atoms with Crippen LogP contribution in [0.4, 0.5) is 0 Å². The Bertz CT molecular complexity index is 197. The van der Waals surface area contributed by atoms with Gasteiger partial charge in [-0.2, -0.15) is 0 Å². The molecule has 0 aromatic heterocycles. The molecule has 0 saturated carbocycles. The lowest BCUT2D eigenvalue weighted by Gasteiger charge is -2.29. The number of carbonyl (C=O) groups excluding carboxylic acids is 1. The molecule has 0 aromatic rings. The fourth-order valence-electron chi connectivity index (χ4n) is 1.27. The second-order valence-electron chi connectivity index (χ2n) is 3.20. The van der Waals surface area contributed by atoms with Gasteiger partial charge in [0.1, 0.15) is 0 Å². The van der Waals surface area contributed by atoms with Gasteiger partial charge in [-0.3, -0.25) is 0 Å². The maximum atomic E-state index is 11.1. The summed E-state index contributed by atoms with van der Waals surface area (Å²) in [6.07, 6.45) is 1.09. The first-order chi connectivity index (χ1) is 6.65. The third-order valence-electron chi connectivity index (χ3n) is 2.07. The van der Waals surface area contributed by atoms with Crippen molar-refractivity contribution in [2.45, 2.75) is 37.0 Å². The lowest BCUT2D eigenvalue weighted by molar-refractivity contribution is -0.195. The van der Waals surface area contributed by atoms with Gasteiger partial charge in [0.05, 0.1) is 11.9 Å². The van der Waals surface area contributed by atoms with Crippen LogP contribution in [0.5, 0.6) is 0 Å². The van der Waals surface area contributed by atoms with Gasteiger partial charge < -0.3 is 14.2 Å². The van der Waals surface area contributed by atoms with E-state index in [0.717, 1.165) is 12.8 Å². The summed E-state index contributed by atoms with van der Waals surface area (Å²) in [6, 6.07) is 0. The number of esters is 1. The van der Waals surface area contributed by atoms with E-state index in [1.807, 2.05) is 0 Å². The van der Waals surface area contributed by atoms with Gasteiger partial charge in [-0.25, -0.2) is 4.79 Å². The van der Waals surface area contributed by atoms with Gasteiger partial charge in [0, 0.05) is 6.61 Å². The first-order valence-electron chi connectivity index (χ1n) is 4.64. The maximum Gasteiger partial charge on any atom is 0.334 e. The smallest absolute Gasteiger partial charge is 0.334 e. The van der Waals surface area contributed by atoms with Crippen LogP contribution < -0.4 is 0 Å². The number of alkyl halides is 1. The number of halogens is 1. The van der Waals surface area contributed by atoms with Crippen molar-refractivity contribution in [2.75, 3.05) is 13.7 Å². The topological polar surface area (TPSA) is 44.8 Å². The summed E-state index contributed by atoms with van der Waals surface area (Å²) in [4.78, 5) is 11.2. The van der Waals surface area contributed by atoms with E-state index in [9.17, 15) is 4.79 Å². The third kappa shape index (κ3) is 3.22. The highest BCUT2D eigenvalue weighted by Crippen LogP contribution is 2.23. The SMILES string of the molecule is COC(=O)[C@H](C)O[C@@H]1OCCC[C@H]1Br. The Balaban J connectivity index is 2.38. The van der Waals surface area contributed by atoms with Crippen LogP contribution in [0.3, 0.4) is 0 Å². The lowest BCUT2D eigenvalue weighted by atomic mass is 10.2. The standard InChI is InChI=1S/C9H15BrO4/c1-6(8(11)12-2)14-9-7(10)4-3-5-13-9/h6-7,9H,3-5H2,1-2H3/t6-,7+,9-/m0/s1. The van der Waals surface area contributed by atoms with Gasteiger partial charge in [0.2, 0.25) is 0 Å². The molecule has 0 radical (unpaired) electrons. The minimum absolute atomic E-state index is 0.156. The van der Waals surface area contributed by atoms with Crippen LogP contribution in [-0.2, 0) is 19.0 Å². The molecule has 1 aliphatic rings. The Morgan fingerprint density at radius 2 is 2.36 bits per heavy atom. The van der Waals surface area contributed by atoms with Gasteiger partial charge >= 0.3 is 5.97 Å². The van der Waals surface area contributed by atoms with E-state index in [1.54, 1.807) is 6.92 Å². The van der Waals surface area contributed by atoms with Gasteiger partial charge in [0.25, 0.3) is 0 Å². The van der Waals surface area contributed by atoms with Crippen molar-refractivity contribution in [3.05, 3.63) is 0 Å². The van der Waals surface area contributed by atoms with Crippen LogP contribution in [0, 0.1) is 0 Å². The van der Waals surface area contributed by atoms with E-state index in [1.165, 1.54) is 7.11 Å². The molecule has 82 valence electrons. The van der Waals surface area contributed by atoms with Crippen LogP contribution in [0.25, 0.3) is 0 Å². The molecule has 14 heavy (non-hydrogen) atoms. The average Bonchev–Trinajstić information content (AvgIpc) is 2.20. The molecule has 0 amide bonds. The van der Waals surface area contributed by atoms with Gasteiger partial charge in [-0.15, -0.1) is 0 Å². The number of hydrogen-bond donors (Lipinski definition) is 0. The summed E-state index contributed by atoms with van der Waals surface area (Å²) >= 11 is 3.45. The number of ether oxygens (including phenoxy) is 3. The Labute approximate surface area is 92.0 Å². The molecular weight excluding hydrogens is 252 g/mol. The zero-order valence-corrected chi connectivity index (χ0v) is 9.95. The summed E-state index contributed by atoms with van der Waals surface area (Å²) in [5, 5.41) is 0. The zero-order valence-electron chi connectivity index (χ0n) is 8.36. The van der Waals surface area contributed by atoms with E-state index in [-0.39, 0.29) is 17.1 Å². The molecule has 1 fully saturated rings. The Kier molecular flexibility index (Phi) is 4.84. The van der Waals surface area contributed by atoms with Crippen LogP contribution in [0.1, 0.15) is 19.8 Å². The fourth-order valence-corrected chi connectivity index (χ4v) is 1.87. The van der Waals surface area contributed by atoms with E-state index in [2.05, 4.69) is 20.7 Å². The van der Waals surface area contributed by atoms with Crippen molar-refractivity contribution in [1.29, 1.82) is 0 Å². The van der Waals surface area contributed by atoms with E-state index < -0.39 is 6.10 Å². The summed E-state index contributed by atoms with van der Waals surface area (Å²) in [7, 11) is 1.34. The van der Waals surface area contributed by atoms with Crippen molar-refractivity contribution >= 4 is 21.9 Å². The van der Waals surface area contributed by atoms with Crippen molar-refractivity contribution in [1.82, 2.24) is 0 Å². The minimum atomic E-state index is -0.580. The van der Waals surface area contributed by atoms with E-state index in [4.69, 9.17) is 9.47 Å². The zero-order chi connectivity index (χ0) is 10.6. The minimum Gasteiger partial charge on any atom is -0.467 e. The van der Waals surface area contributed by atoms with Crippen LogP contribution in [0.15, 0.2) is 0 Å². The summed E-state index contributed by atoms with van der Waals surface area (Å²) in [5.41, 5.74) is 0. The molecule has 0 unspecified atom stereocenters. The second-order valence-corrected chi connectivity index (χ2v) is 4.38. The molecule has 0 spiro atoms. The van der Waals surface area contributed by atoms with Crippen molar-refractivity contribution in [3.8, 4) is 0 Å². The quantitative estimate of drug-likeness (QED) is 0.573. The summed E-state index contributed by atoms with van der Waals surface area (Å²) in [6.45, 7) is 2.34. The highest BCUT2D eigenvalue weighted by Gasteiger charge is 2.28. The Morgan fingerprint density at radius 3 is 2.93 bits per heavy atom. The lowest BCUT2D eigenvalue weighted by Crippen LogP contribution is -2.37. The molecular formula is C9H15BrO4. The van der Waals surface area contributed by atoms with Gasteiger partial charge in [0.15, 0.2) is 12.4 Å². The van der Waals surface area contributed by atoms with Crippen molar-refractivity contribution in [2.24, 2.45) is 0 Å². The molecule has 0 bridgehead atoms. The highest BCUT2D eigenvalue weighted by molar-refractivity contribution is 9.09. The monoisotopic (exact) mass is 266 g/mol. The van der Waals surface area contributed by atoms with Gasteiger partial charge in [-0.1, -0.05) is 15.9 Å². The third-order valence-corrected chi connectivity index (χ3v) is 2.96. The first kappa shape index (κ1) is 11.9. The highest BCUT2D eigenvalue weighted by atomic mass is 79.9. The molecule has 1 aliphatic heterocycles. The summed E-state index contributed by atoms with van der Waals surface area (Å²) in [5.74, 6) is -0.376. The number of methoxy groups -OCH3 is 1. The predicted octanol–water partition coefficient (Wildman–Crippen LogP) is 1.46. The van der Waals surface area contributed by atoms with Crippen LogP contribution in [0.2, 0.25) is 0 Å². The normalized spacial score (nSPS) is 29.6. The number of rotatable bonds is 3. The number of carbonyl (C=O) groups is 1. The molecule has 1 saturated heterocycles. The molecule has 0 N–H and O–H groups in total. The molecule has 1 rings (SSSR count). The van der Waals surface area contributed by atoms with Crippen molar-refractivity contribution < 1.29 is 19.0 Å². The van der Waals surface area contributed by atoms with Crippen molar-refractivity contribution in [3.63, 3.8) is 0 Å². The van der Waals surface area contributed by atoms with Gasteiger partial charge in [-0.05, 0) is 19.8 Å². The molecule has 5 heteroatoms. The maximum absolute atomic E-state index is 11.1. The van der Waals surface area contributed by atoms with Crippen LogP contribution in [-0.4, -0.2) is 36.9 Å². The summed E-state index contributed by atoms with van der Waals surface area (Å²) < 4.78 is 15.3.